The zero-order valence-electron chi connectivity index (χ0n) is 37.1. The number of carbonyl (C=O) groups is 1. The Hall–Kier alpha value is -0.760. The predicted octanol–water partition coefficient (Wildman–Crippen LogP) is 13.2. The molecular weight excluding hydrogens is 709 g/mol. The average Bonchev–Trinajstić information content (AvgIpc) is 3.13. The number of phosphoric acid groups is 1. The maximum absolute atomic E-state index is 12.5. The highest BCUT2D eigenvalue weighted by Gasteiger charge is 2.20. The molecule has 0 aromatic carbocycles. The summed E-state index contributed by atoms with van der Waals surface area (Å²) < 4.78 is 34.5. The van der Waals surface area contributed by atoms with Gasteiger partial charge >= 0.3 is 5.97 Å². The van der Waals surface area contributed by atoms with Gasteiger partial charge in [0.1, 0.15) is 19.3 Å². The minimum atomic E-state index is -4.51. The zero-order chi connectivity index (χ0) is 40.6. The summed E-state index contributed by atoms with van der Waals surface area (Å²) in [7, 11) is 1.37. The van der Waals surface area contributed by atoms with Crippen LogP contribution in [-0.4, -0.2) is 70.7 Å². The first-order valence-electron chi connectivity index (χ1n) is 23.4. The first-order chi connectivity index (χ1) is 26.6. The minimum Gasteiger partial charge on any atom is -0.756 e. The van der Waals surface area contributed by atoms with Crippen LogP contribution in [0.1, 0.15) is 219 Å². The second kappa shape index (κ2) is 40.0. The second-order valence-corrected chi connectivity index (χ2v) is 18.5. The van der Waals surface area contributed by atoms with Crippen molar-refractivity contribution in [1.82, 2.24) is 0 Å². The Morgan fingerprint density at radius 3 is 1.38 bits per heavy atom. The molecule has 0 aliphatic carbocycles. The summed E-state index contributed by atoms with van der Waals surface area (Å²) in [5.74, 6) is -0.337. The van der Waals surface area contributed by atoms with E-state index in [-0.39, 0.29) is 25.8 Å². The molecule has 0 N–H and O–H groups in total. The summed E-state index contributed by atoms with van der Waals surface area (Å²) in [5.41, 5.74) is 0. The molecule has 0 aliphatic heterocycles. The van der Waals surface area contributed by atoms with Crippen LogP contribution in [0.2, 0.25) is 0 Å². The Morgan fingerprint density at radius 2 is 0.945 bits per heavy atom. The number of esters is 1. The smallest absolute Gasteiger partial charge is 0.306 e. The number of nitrogens with zero attached hydrogens (tertiary/aromatic N) is 1. The molecule has 2 unspecified atom stereocenters. The molecule has 2 atom stereocenters. The van der Waals surface area contributed by atoms with Crippen molar-refractivity contribution in [1.29, 1.82) is 0 Å². The van der Waals surface area contributed by atoms with E-state index in [0.717, 1.165) is 32.1 Å². The van der Waals surface area contributed by atoms with Gasteiger partial charge in [-0.05, 0) is 38.5 Å². The number of rotatable bonds is 44. The van der Waals surface area contributed by atoms with Crippen molar-refractivity contribution in [3.8, 4) is 0 Å². The molecular formula is C46H92NO7P. The molecule has 0 amide bonds. The third-order valence-corrected chi connectivity index (χ3v) is 11.3. The summed E-state index contributed by atoms with van der Waals surface area (Å²) in [4.78, 5) is 24.9. The molecule has 0 saturated heterocycles. The Labute approximate surface area is 341 Å². The van der Waals surface area contributed by atoms with Crippen LogP contribution in [0.5, 0.6) is 0 Å². The topological polar surface area (TPSA) is 94.1 Å². The molecule has 0 heterocycles. The Bertz CT molecular complexity index is 894. The van der Waals surface area contributed by atoms with Gasteiger partial charge in [0.2, 0.25) is 0 Å². The lowest BCUT2D eigenvalue weighted by atomic mass is 10.0. The molecule has 55 heavy (non-hydrogen) atoms. The van der Waals surface area contributed by atoms with E-state index in [2.05, 4.69) is 26.0 Å². The van der Waals surface area contributed by atoms with E-state index < -0.39 is 13.9 Å². The van der Waals surface area contributed by atoms with E-state index in [4.69, 9.17) is 18.5 Å². The first kappa shape index (κ1) is 54.2. The van der Waals surface area contributed by atoms with Gasteiger partial charge in [0.25, 0.3) is 7.82 Å². The van der Waals surface area contributed by atoms with Gasteiger partial charge in [-0.2, -0.15) is 0 Å². The third kappa shape index (κ3) is 44.2. The average molecular weight is 802 g/mol. The number of carbonyl (C=O) groups excluding carboxylic acids is 1. The SMILES string of the molecule is CCCCCCCCCC/C=C\CCCCCCCCCCCCCCCCOCC(COP(=O)([O-])OCC[N+](C)(C)C)OC(=O)CCCCCCCCC. The molecule has 9 heteroatoms. The maximum Gasteiger partial charge on any atom is 0.306 e. The maximum atomic E-state index is 12.5. The molecule has 0 saturated carbocycles. The van der Waals surface area contributed by atoms with Crippen LogP contribution >= 0.6 is 7.82 Å². The van der Waals surface area contributed by atoms with Gasteiger partial charge in [0.05, 0.1) is 34.4 Å². The van der Waals surface area contributed by atoms with Gasteiger partial charge in [-0.25, -0.2) is 0 Å². The molecule has 0 fully saturated rings. The minimum absolute atomic E-state index is 0.0293. The molecule has 0 rings (SSSR count). The summed E-state index contributed by atoms with van der Waals surface area (Å²) in [5, 5.41) is 0. The first-order valence-corrected chi connectivity index (χ1v) is 24.9. The van der Waals surface area contributed by atoms with Crippen molar-refractivity contribution in [3.05, 3.63) is 12.2 Å². The number of likely N-dealkylation sites (N-methyl/N-ethyl adjacent to an activating group) is 1. The van der Waals surface area contributed by atoms with Crippen LogP contribution in [0.3, 0.4) is 0 Å². The van der Waals surface area contributed by atoms with E-state index in [1.54, 1.807) is 0 Å². The van der Waals surface area contributed by atoms with E-state index in [1.165, 1.54) is 167 Å². The van der Waals surface area contributed by atoms with E-state index in [0.29, 0.717) is 24.1 Å². The van der Waals surface area contributed by atoms with Crippen LogP contribution in [-0.2, 0) is 27.9 Å². The monoisotopic (exact) mass is 802 g/mol. The quantitative estimate of drug-likeness (QED) is 0.0199. The summed E-state index contributed by atoms with van der Waals surface area (Å²) in [6.07, 6.45) is 44.1. The van der Waals surface area contributed by atoms with Gasteiger partial charge in [0, 0.05) is 13.0 Å². The van der Waals surface area contributed by atoms with Crippen molar-refractivity contribution >= 4 is 13.8 Å². The number of unbranched alkanes of at least 4 members (excludes halogenated alkanes) is 28. The fourth-order valence-corrected chi connectivity index (χ4v) is 7.39. The fourth-order valence-electron chi connectivity index (χ4n) is 6.66. The Morgan fingerprint density at radius 1 is 0.545 bits per heavy atom. The van der Waals surface area contributed by atoms with Gasteiger partial charge in [-0.15, -0.1) is 0 Å². The normalized spacial score (nSPS) is 13.8. The van der Waals surface area contributed by atoms with Gasteiger partial charge in [-0.3, -0.25) is 9.36 Å². The molecule has 0 spiro atoms. The molecule has 328 valence electrons. The van der Waals surface area contributed by atoms with Crippen molar-refractivity contribution in [2.75, 3.05) is 54.1 Å². The highest BCUT2D eigenvalue weighted by molar-refractivity contribution is 7.45. The Kier molecular flexibility index (Phi) is 39.5. The number of ether oxygens (including phenoxy) is 2. The van der Waals surface area contributed by atoms with E-state index in [1.807, 2.05) is 21.1 Å². The van der Waals surface area contributed by atoms with Gasteiger partial charge < -0.3 is 27.9 Å². The highest BCUT2D eigenvalue weighted by atomic mass is 31.2. The Balaban J connectivity index is 3.90. The highest BCUT2D eigenvalue weighted by Crippen LogP contribution is 2.38. The number of phosphoric ester groups is 1. The fraction of sp³-hybridized carbons (Fsp3) is 0.935. The predicted molar refractivity (Wildman–Crippen MR) is 231 cm³/mol. The van der Waals surface area contributed by atoms with Crippen LogP contribution in [0.15, 0.2) is 12.2 Å². The van der Waals surface area contributed by atoms with Crippen LogP contribution in [0, 0.1) is 0 Å². The zero-order valence-corrected chi connectivity index (χ0v) is 38.0. The molecule has 0 aromatic rings. The summed E-state index contributed by atoms with van der Waals surface area (Å²) in [6, 6.07) is 0. The molecule has 0 aliphatic rings. The number of allylic oxidation sites excluding steroid dienone is 2. The van der Waals surface area contributed by atoms with Crippen LogP contribution < -0.4 is 4.89 Å². The van der Waals surface area contributed by atoms with Crippen molar-refractivity contribution < 1.29 is 37.3 Å². The molecule has 0 bridgehead atoms. The second-order valence-electron chi connectivity index (χ2n) is 17.1. The summed E-state index contributed by atoms with van der Waals surface area (Å²) in [6.45, 7) is 5.40. The number of hydrogen-bond acceptors (Lipinski definition) is 7. The lowest BCUT2D eigenvalue weighted by Gasteiger charge is -2.28. The van der Waals surface area contributed by atoms with Crippen molar-refractivity contribution in [3.63, 3.8) is 0 Å². The lowest BCUT2D eigenvalue weighted by Crippen LogP contribution is -2.37. The van der Waals surface area contributed by atoms with Gasteiger partial charge in [0.15, 0.2) is 0 Å². The van der Waals surface area contributed by atoms with Crippen molar-refractivity contribution in [2.24, 2.45) is 0 Å². The van der Waals surface area contributed by atoms with E-state index >= 15 is 0 Å². The molecule has 8 nitrogen and oxygen atoms in total. The summed E-state index contributed by atoms with van der Waals surface area (Å²) >= 11 is 0. The van der Waals surface area contributed by atoms with E-state index in [9.17, 15) is 14.3 Å². The largest absolute Gasteiger partial charge is 0.756 e. The standard InChI is InChI=1S/C46H92NO7P/c1-6-8-10-12-14-15-16-17-18-19-20-21-22-23-24-25-26-27-28-29-30-31-32-34-36-38-41-51-43-45(44-53-55(49,50)52-42-40-47(3,4)5)54-46(48)39-37-35-33-13-11-9-7-2/h19-20,45H,6-18,21-44H2,1-5H3/b20-19-. The molecule has 0 radical (unpaired) electrons. The number of hydrogen-bond donors (Lipinski definition) is 0. The molecule has 0 aromatic heterocycles. The number of quaternary nitrogens is 1. The van der Waals surface area contributed by atoms with Crippen LogP contribution in [0.25, 0.3) is 0 Å². The lowest BCUT2D eigenvalue weighted by molar-refractivity contribution is -0.870. The van der Waals surface area contributed by atoms with Crippen molar-refractivity contribution in [2.45, 2.75) is 225 Å². The third-order valence-electron chi connectivity index (χ3n) is 10.3. The van der Waals surface area contributed by atoms with Gasteiger partial charge in [-0.1, -0.05) is 187 Å². The van der Waals surface area contributed by atoms with Crippen LogP contribution in [0.4, 0.5) is 0 Å².